The Hall–Kier alpha value is -1.66. The summed E-state index contributed by atoms with van der Waals surface area (Å²) in [6.45, 7) is 0.428. The summed E-state index contributed by atoms with van der Waals surface area (Å²) < 4.78 is 0. The number of nitro benzene ring substituents is 1. The van der Waals surface area contributed by atoms with Crippen LogP contribution in [0.1, 0.15) is 23.2 Å². The van der Waals surface area contributed by atoms with Crippen molar-refractivity contribution in [2.45, 2.75) is 12.8 Å². The van der Waals surface area contributed by atoms with Gasteiger partial charge in [0.1, 0.15) is 0 Å². The van der Waals surface area contributed by atoms with Gasteiger partial charge in [-0.15, -0.1) is 0 Å². The lowest BCUT2D eigenvalue weighted by atomic mass is 10.1. The summed E-state index contributed by atoms with van der Waals surface area (Å²) >= 11 is 5.85. The van der Waals surface area contributed by atoms with Crippen LogP contribution in [-0.2, 0) is 0 Å². The molecule has 1 amide bonds. The average Bonchev–Trinajstić information content (AvgIpc) is 3.16. The van der Waals surface area contributed by atoms with Gasteiger partial charge in [-0.3, -0.25) is 14.9 Å². The number of non-ortho nitro benzene ring substituents is 1. The normalized spacial score (nSPS) is 15.9. The van der Waals surface area contributed by atoms with E-state index in [1.165, 1.54) is 12.1 Å². The van der Waals surface area contributed by atoms with Gasteiger partial charge in [0.05, 0.1) is 22.1 Å². The van der Waals surface area contributed by atoms with E-state index in [1.54, 1.807) is 0 Å². The molecule has 1 aliphatic rings. The highest BCUT2D eigenvalue weighted by molar-refractivity contribution is 6.34. The van der Waals surface area contributed by atoms with Gasteiger partial charge in [0.15, 0.2) is 0 Å². The number of hydrogen-bond acceptors (Lipinski definition) is 4. The van der Waals surface area contributed by atoms with Gasteiger partial charge in [-0.25, -0.2) is 0 Å². The first-order valence-corrected chi connectivity index (χ1v) is 6.18. The number of carbonyl (C=O) groups is 1. The SMILES string of the molecule is O=C(NCC1(CO)CC1)c1ccc([N+](=O)[O-])cc1Cl. The number of aliphatic hydroxyl groups is 1. The van der Waals surface area contributed by atoms with Gasteiger partial charge in [-0.1, -0.05) is 11.6 Å². The zero-order chi connectivity index (χ0) is 14.0. The molecule has 0 aromatic heterocycles. The molecule has 0 heterocycles. The topological polar surface area (TPSA) is 92.5 Å². The standard InChI is InChI=1S/C12H13ClN2O4/c13-10-5-8(15(18)19)1-2-9(10)11(17)14-6-12(7-16)3-4-12/h1-2,5,16H,3-4,6-7H2,(H,14,17). The summed E-state index contributed by atoms with van der Waals surface area (Å²) in [5.41, 5.74) is -0.153. The summed E-state index contributed by atoms with van der Waals surface area (Å²) in [6, 6.07) is 3.71. The molecule has 0 radical (unpaired) electrons. The van der Waals surface area contributed by atoms with Crippen LogP contribution in [0.4, 0.5) is 5.69 Å². The zero-order valence-electron chi connectivity index (χ0n) is 10.1. The fourth-order valence-corrected chi connectivity index (χ4v) is 1.99. The van der Waals surface area contributed by atoms with E-state index in [-0.39, 0.29) is 34.2 Å². The molecule has 0 unspecified atom stereocenters. The molecule has 1 saturated carbocycles. The monoisotopic (exact) mass is 284 g/mol. The van der Waals surface area contributed by atoms with Gasteiger partial charge >= 0.3 is 0 Å². The molecule has 0 aliphatic heterocycles. The van der Waals surface area contributed by atoms with Crippen molar-refractivity contribution in [2.24, 2.45) is 5.41 Å². The Morgan fingerprint density at radius 1 is 1.53 bits per heavy atom. The van der Waals surface area contributed by atoms with Crippen LogP contribution in [0.5, 0.6) is 0 Å². The van der Waals surface area contributed by atoms with E-state index in [0.29, 0.717) is 6.54 Å². The second-order valence-corrected chi connectivity index (χ2v) is 5.17. The highest BCUT2D eigenvalue weighted by Crippen LogP contribution is 2.44. The summed E-state index contributed by atoms with van der Waals surface area (Å²) in [4.78, 5) is 21.9. The summed E-state index contributed by atoms with van der Waals surface area (Å²) in [5.74, 6) is -0.389. The van der Waals surface area contributed by atoms with E-state index in [4.69, 9.17) is 16.7 Å². The molecule has 1 aromatic carbocycles. The lowest BCUT2D eigenvalue weighted by Gasteiger charge is -2.13. The Kier molecular flexibility index (Phi) is 3.73. The van der Waals surface area contributed by atoms with Crippen LogP contribution in [-0.4, -0.2) is 29.1 Å². The Morgan fingerprint density at radius 3 is 2.68 bits per heavy atom. The van der Waals surface area contributed by atoms with Crippen LogP contribution >= 0.6 is 11.6 Å². The molecule has 1 fully saturated rings. The molecule has 6 nitrogen and oxygen atoms in total. The Balaban J connectivity index is 2.05. The number of aliphatic hydroxyl groups excluding tert-OH is 1. The minimum Gasteiger partial charge on any atom is -0.396 e. The highest BCUT2D eigenvalue weighted by Gasteiger charge is 2.42. The molecule has 0 bridgehead atoms. The molecular formula is C12H13ClN2O4. The van der Waals surface area contributed by atoms with E-state index in [2.05, 4.69) is 5.32 Å². The third kappa shape index (κ3) is 3.02. The number of amides is 1. The third-order valence-corrected chi connectivity index (χ3v) is 3.64. The maximum atomic E-state index is 11.9. The van der Waals surface area contributed by atoms with Crippen LogP contribution in [0.15, 0.2) is 18.2 Å². The second kappa shape index (κ2) is 5.14. The Bertz CT molecular complexity index is 528. The van der Waals surface area contributed by atoms with Gasteiger partial charge in [-0.2, -0.15) is 0 Å². The number of nitro groups is 1. The number of carbonyl (C=O) groups excluding carboxylic acids is 1. The van der Waals surface area contributed by atoms with Crippen LogP contribution < -0.4 is 5.32 Å². The van der Waals surface area contributed by atoms with Crippen molar-refractivity contribution in [1.29, 1.82) is 0 Å². The van der Waals surface area contributed by atoms with E-state index in [0.717, 1.165) is 18.9 Å². The second-order valence-electron chi connectivity index (χ2n) is 4.76. The fraction of sp³-hybridized carbons (Fsp3) is 0.417. The molecule has 7 heteroatoms. The minimum atomic E-state index is -0.571. The molecular weight excluding hydrogens is 272 g/mol. The molecule has 2 rings (SSSR count). The quantitative estimate of drug-likeness (QED) is 0.636. The van der Waals surface area contributed by atoms with Crippen molar-refractivity contribution in [3.05, 3.63) is 38.9 Å². The van der Waals surface area contributed by atoms with Crippen LogP contribution in [0, 0.1) is 15.5 Å². The number of halogens is 1. The minimum absolute atomic E-state index is 0.0422. The van der Waals surface area contributed by atoms with E-state index >= 15 is 0 Å². The van der Waals surface area contributed by atoms with Gasteiger partial charge in [0.25, 0.3) is 11.6 Å². The number of nitrogens with zero attached hydrogens (tertiary/aromatic N) is 1. The Labute approximate surface area is 114 Å². The molecule has 102 valence electrons. The summed E-state index contributed by atoms with van der Waals surface area (Å²) in [7, 11) is 0. The van der Waals surface area contributed by atoms with Crippen molar-refractivity contribution in [3.8, 4) is 0 Å². The molecule has 1 aromatic rings. The maximum absolute atomic E-state index is 11.9. The number of rotatable bonds is 5. The van der Waals surface area contributed by atoms with Crippen molar-refractivity contribution in [3.63, 3.8) is 0 Å². The predicted molar refractivity (Wildman–Crippen MR) is 69.2 cm³/mol. The number of nitrogens with one attached hydrogen (secondary N) is 1. The third-order valence-electron chi connectivity index (χ3n) is 3.32. The van der Waals surface area contributed by atoms with Crippen LogP contribution in [0.3, 0.4) is 0 Å². The first kappa shape index (κ1) is 13.8. The molecule has 19 heavy (non-hydrogen) atoms. The van der Waals surface area contributed by atoms with Crippen LogP contribution in [0.25, 0.3) is 0 Å². The van der Waals surface area contributed by atoms with E-state index in [1.807, 2.05) is 0 Å². The molecule has 1 aliphatic carbocycles. The first-order valence-electron chi connectivity index (χ1n) is 5.80. The highest BCUT2D eigenvalue weighted by atomic mass is 35.5. The van der Waals surface area contributed by atoms with Crippen LogP contribution in [0.2, 0.25) is 5.02 Å². The van der Waals surface area contributed by atoms with Gasteiger partial charge in [0.2, 0.25) is 0 Å². The van der Waals surface area contributed by atoms with E-state index in [9.17, 15) is 14.9 Å². The lowest BCUT2D eigenvalue weighted by molar-refractivity contribution is -0.384. The first-order chi connectivity index (χ1) is 8.97. The zero-order valence-corrected chi connectivity index (χ0v) is 10.8. The smallest absolute Gasteiger partial charge is 0.270 e. The van der Waals surface area contributed by atoms with Crippen molar-refractivity contribution < 1.29 is 14.8 Å². The van der Waals surface area contributed by atoms with Crippen molar-refractivity contribution in [2.75, 3.05) is 13.2 Å². The molecule has 0 saturated heterocycles. The van der Waals surface area contributed by atoms with Crippen molar-refractivity contribution in [1.82, 2.24) is 5.32 Å². The fourth-order valence-electron chi connectivity index (χ4n) is 1.73. The summed E-state index contributed by atoms with van der Waals surface area (Å²) in [6.07, 6.45) is 1.77. The van der Waals surface area contributed by atoms with E-state index < -0.39 is 4.92 Å². The maximum Gasteiger partial charge on any atom is 0.270 e. The van der Waals surface area contributed by atoms with Gasteiger partial charge in [0, 0.05) is 24.1 Å². The number of hydrogen-bond donors (Lipinski definition) is 2. The Morgan fingerprint density at radius 2 is 2.21 bits per heavy atom. The molecule has 0 spiro atoms. The number of benzene rings is 1. The molecule has 2 N–H and O–H groups in total. The molecule has 0 atom stereocenters. The largest absolute Gasteiger partial charge is 0.396 e. The average molecular weight is 285 g/mol. The van der Waals surface area contributed by atoms with Gasteiger partial charge in [-0.05, 0) is 18.9 Å². The lowest BCUT2D eigenvalue weighted by Crippen LogP contribution is -2.32. The van der Waals surface area contributed by atoms with Crippen molar-refractivity contribution >= 4 is 23.2 Å². The predicted octanol–water partition coefficient (Wildman–Crippen LogP) is 1.75. The van der Waals surface area contributed by atoms with Gasteiger partial charge < -0.3 is 10.4 Å². The summed E-state index contributed by atoms with van der Waals surface area (Å²) in [5, 5.41) is 22.4.